The average molecular weight is 798 g/mol. The van der Waals surface area contributed by atoms with Crippen molar-refractivity contribution in [3.05, 3.63) is 49.2 Å². The predicted octanol–water partition coefficient (Wildman–Crippen LogP) is 6.03. The molecule has 0 heterocycles. The van der Waals surface area contributed by atoms with Gasteiger partial charge in [0.1, 0.15) is 44.4 Å². The number of Topliss-reactive ketones (excluding diaryl/α,β-unsaturated/α-hetero) is 4. The molecule has 0 aromatic carbocycles. The Morgan fingerprint density at radius 2 is 0.647 bits per heavy atom. The summed E-state index contributed by atoms with van der Waals surface area (Å²) in [6.45, 7) is 0. The van der Waals surface area contributed by atoms with Crippen LogP contribution in [0.3, 0.4) is 0 Å². The number of hydrogen-bond acceptors (Lipinski definition) is 8. The van der Waals surface area contributed by atoms with Gasteiger partial charge >= 0.3 is 0 Å². The standard InChI is InChI=1S/C6Br4O2.C6Cl4O2.C6N4/c2*7-1-2(8)6(12)4(10)3(9)5(1)11;7-1-5(2-8)6(3-9)4-10. The van der Waals surface area contributed by atoms with E-state index < -0.39 is 42.8 Å². The number of carbonyl (C=O) groups is 4. The number of nitriles is 4. The van der Waals surface area contributed by atoms with Crippen LogP contribution in [0.25, 0.3) is 0 Å². The fraction of sp³-hybridized carbons (Fsp3) is 0. The van der Waals surface area contributed by atoms with Crippen molar-refractivity contribution in [2.45, 2.75) is 0 Å². The Hall–Kier alpha value is -1.58. The average Bonchev–Trinajstić information content (AvgIpc) is 2.85. The van der Waals surface area contributed by atoms with Crippen LogP contribution in [0.1, 0.15) is 0 Å². The molecular weight excluding hydrogens is 798 g/mol. The van der Waals surface area contributed by atoms with Gasteiger partial charge in [0.15, 0.2) is 11.1 Å². The van der Waals surface area contributed by atoms with Crippen LogP contribution in [0, 0.1) is 45.3 Å². The fourth-order valence-corrected chi connectivity index (χ4v) is 4.32. The molecule has 0 radical (unpaired) electrons. The molecule has 0 bridgehead atoms. The van der Waals surface area contributed by atoms with Gasteiger partial charge in [-0.05, 0) is 63.7 Å². The summed E-state index contributed by atoms with van der Waals surface area (Å²) in [4.78, 5) is 44.5. The second kappa shape index (κ2) is 14.7. The summed E-state index contributed by atoms with van der Waals surface area (Å²) in [5.41, 5.74) is -0.880. The maximum absolute atomic E-state index is 11.3. The van der Waals surface area contributed by atoms with Crippen LogP contribution in [0.5, 0.6) is 0 Å². The SMILES string of the molecule is N#CC(C#N)=C(C#N)C#N.O=C1C(Br)=C(Br)C(=O)C(Br)=C1Br.O=C1C(Cl)=C(Cl)C(=O)C(Cl)=C1Cl. The van der Waals surface area contributed by atoms with Crippen LogP contribution >= 0.6 is 110 Å². The van der Waals surface area contributed by atoms with Gasteiger partial charge in [-0.2, -0.15) is 21.0 Å². The molecule has 0 saturated heterocycles. The van der Waals surface area contributed by atoms with Gasteiger partial charge < -0.3 is 0 Å². The zero-order valence-corrected chi connectivity index (χ0v) is 24.8. The van der Waals surface area contributed by atoms with Gasteiger partial charge in [-0.3, -0.25) is 19.2 Å². The first-order valence-corrected chi connectivity index (χ1v) is 12.2. The molecule has 0 aromatic heterocycles. The highest BCUT2D eigenvalue weighted by Crippen LogP contribution is 2.36. The van der Waals surface area contributed by atoms with Gasteiger partial charge in [0, 0.05) is 0 Å². The highest BCUT2D eigenvalue weighted by atomic mass is 79.9. The van der Waals surface area contributed by atoms with E-state index >= 15 is 0 Å². The molecule has 34 heavy (non-hydrogen) atoms. The predicted molar refractivity (Wildman–Crippen MR) is 137 cm³/mol. The lowest BCUT2D eigenvalue weighted by Gasteiger charge is -2.09. The number of carbonyl (C=O) groups excluding carboxylic acids is 4. The van der Waals surface area contributed by atoms with Crippen LogP contribution in [0.2, 0.25) is 0 Å². The van der Waals surface area contributed by atoms with Gasteiger partial charge in [-0.25, -0.2) is 0 Å². The van der Waals surface area contributed by atoms with Crippen molar-refractivity contribution in [2.24, 2.45) is 0 Å². The van der Waals surface area contributed by atoms with Crippen LogP contribution < -0.4 is 0 Å². The first-order chi connectivity index (χ1) is 15.7. The van der Waals surface area contributed by atoms with Crippen molar-refractivity contribution in [2.75, 3.05) is 0 Å². The third kappa shape index (κ3) is 7.71. The Morgan fingerprint density at radius 1 is 0.471 bits per heavy atom. The lowest BCUT2D eigenvalue weighted by Crippen LogP contribution is -2.14. The second-order valence-electron chi connectivity index (χ2n) is 5.03. The first kappa shape index (κ1) is 32.4. The van der Waals surface area contributed by atoms with E-state index in [9.17, 15) is 19.2 Å². The van der Waals surface area contributed by atoms with Crippen LogP contribution in [-0.4, -0.2) is 23.1 Å². The molecule has 16 heteroatoms. The van der Waals surface area contributed by atoms with E-state index in [4.69, 9.17) is 67.5 Å². The number of nitrogens with zero attached hydrogens (tertiary/aromatic N) is 4. The van der Waals surface area contributed by atoms with Crippen LogP contribution in [0.15, 0.2) is 49.2 Å². The minimum Gasteiger partial charge on any atom is -0.287 e. The van der Waals surface area contributed by atoms with Crippen molar-refractivity contribution < 1.29 is 19.2 Å². The third-order valence-corrected chi connectivity index (χ3v) is 8.79. The van der Waals surface area contributed by atoms with Gasteiger partial charge in [-0.15, -0.1) is 0 Å². The third-order valence-electron chi connectivity index (χ3n) is 3.06. The maximum atomic E-state index is 11.3. The second-order valence-corrected chi connectivity index (χ2v) is 9.71. The van der Waals surface area contributed by atoms with Gasteiger partial charge in [0.25, 0.3) is 0 Å². The summed E-state index contributed by atoms with van der Waals surface area (Å²) in [7, 11) is 0. The molecule has 2 aliphatic rings. The number of allylic oxidation sites excluding steroid dienone is 10. The molecule has 0 fully saturated rings. The molecule has 0 unspecified atom stereocenters. The zero-order valence-electron chi connectivity index (χ0n) is 15.4. The summed E-state index contributed by atoms with van der Waals surface area (Å²) < 4.78 is 0.954. The van der Waals surface area contributed by atoms with Crippen molar-refractivity contribution in [1.29, 1.82) is 21.0 Å². The number of hydrogen-bond donors (Lipinski definition) is 0. The van der Waals surface area contributed by atoms with E-state index in [-0.39, 0.29) is 29.5 Å². The Bertz CT molecular complexity index is 1090. The fourth-order valence-electron chi connectivity index (χ4n) is 1.46. The van der Waals surface area contributed by atoms with E-state index in [1.807, 2.05) is 0 Å². The van der Waals surface area contributed by atoms with Crippen molar-refractivity contribution >= 4 is 133 Å². The number of halogens is 8. The molecule has 0 aromatic rings. The summed E-state index contributed by atoms with van der Waals surface area (Å²) in [5.74, 6) is -1.97. The highest BCUT2D eigenvalue weighted by Gasteiger charge is 2.31. The summed E-state index contributed by atoms with van der Waals surface area (Å²) in [5, 5.41) is 30.9. The molecule has 0 aliphatic heterocycles. The maximum Gasteiger partial charge on any atom is 0.219 e. The number of ketones is 4. The molecule has 0 spiro atoms. The van der Waals surface area contributed by atoms with Crippen molar-refractivity contribution in [1.82, 2.24) is 0 Å². The van der Waals surface area contributed by atoms with Crippen LogP contribution in [-0.2, 0) is 19.2 Å². The minimum absolute atomic E-state index is 0.238. The van der Waals surface area contributed by atoms with Crippen molar-refractivity contribution in [3.8, 4) is 24.3 Å². The number of rotatable bonds is 0. The van der Waals surface area contributed by atoms with E-state index in [2.05, 4.69) is 63.7 Å². The van der Waals surface area contributed by atoms with Crippen molar-refractivity contribution in [3.63, 3.8) is 0 Å². The summed E-state index contributed by atoms with van der Waals surface area (Å²) >= 11 is 33.5. The van der Waals surface area contributed by atoms with E-state index in [1.54, 1.807) is 0 Å². The highest BCUT2D eigenvalue weighted by molar-refractivity contribution is 9.16. The van der Waals surface area contributed by atoms with Gasteiger partial charge in [-0.1, -0.05) is 46.4 Å². The van der Waals surface area contributed by atoms with Crippen LogP contribution in [0.4, 0.5) is 0 Å². The molecule has 0 N–H and O–H groups in total. The first-order valence-electron chi connectivity index (χ1n) is 7.47. The molecule has 8 nitrogen and oxygen atoms in total. The summed E-state index contributed by atoms with van der Waals surface area (Å²) in [6.07, 6.45) is 0. The smallest absolute Gasteiger partial charge is 0.219 e. The zero-order chi connectivity index (χ0) is 26.9. The lowest BCUT2D eigenvalue weighted by atomic mass is 10.1. The molecule has 0 saturated carbocycles. The van der Waals surface area contributed by atoms with Gasteiger partial charge in [0.05, 0.1) is 17.9 Å². The summed E-state index contributed by atoms with van der Waals surface area (Å²) in [6, 6.07) is 5.71. The Morgan fingerprint density at radius 3 is 0.794 bits per heavy atom. The van der Waals surface area contributed by atoms with E-state index in [0.29, 0.717) is 0 Å². The van der Waals surface area contributed by atoms with E-state index in [0.717, 1.165) is 0 Å². The molecular formula is C18Br4Cl4N4O4. The molecule has 2 aliphatic carbocycles. The van der Waals surface area contributed by atoms with E-state index in [1.165, 1.54) is 24.3 Å². The van der Waals surface area contributed by atoms with Gasteiger partial charge in [0.2, 0.25) is 23.1 Å². The topological polar surface area (TPSA) is 163 Å². The molecule has 172 valence electrons. The Labute approximate surface area is 244 Å². The largest absolute Gasteiger partial charge is 0.287 e. The molecule has 0 atom stereocenters. The Kier molecular flexibility index (Phi) is 14.1. The quantitative estimate of drug-likeness (QED) is 0.212. The molecule has 0 amide bonds. The lowest BCUT2D eigenvalue weighted by molar-refractivity contribution is -0.114. The normalized spacial score (nSPS) is 15.3. The monoisotopic (exact) mass is 792 g/mol. The molecule has 2 rings (SSSR count). The Balaban J connectivity index is 0.000000484. The minimum atomic E-state index is -0.729.